The molecule has 0 bridgehead atoms. The number of carbonyl (C=O) groups is 1. The van der Waals surface area contributed by atoms with Gasteiger partial charge in [0, 0.05) is 13.0 Å². The lowest BCUT2D eigenvalue weighted by atomic mass is 9.94. The summed E-state index contributed by atoms with van der Waals surface area (Å²) < 4.78 is 0. The van der Waals surface area contributed by atoms with Gasteiger partial charge in [-0.25, -0.2) is 0 Å². The lowest BCUT2D eigenvalue weighted by Gasteiger charge is -2.22. The van der Waals surface area contributed by atoms with Crippen LogP contribution in [-0.4, -0.2) is 25.5 Å². The predicted molar refractivity (Wildman–Crippen MR) is 67.3 cm³/mol. The van der Waals surface area contributed by atoms with Crippen molar-refractivity contribution in [2.24, 2.45) is 5.92 Å². The Labute approximate surface area is 98.7 Å². The summed E-state index contributed by atoms with van der Waals surface area (Å²) in [6.45, 7) is 6.98. The molecule has 0 saturated carbocycles. The normalized spacial score (nSPS) is 20.2. The number of piperidine rings is 1. The third-order valence-electron chi connectivity index (χ3n) is 2.99. The van der Waals surface area contributed by atoms with Gasteiger partial charge in [0.05, 0.1) is 0 Å². The van der Waals surface area contributed by atoms with Crippen LogP contribution >= 0.6 is 0 Å². The van der Waals surface area contributed by atoms with Crippen molar-refractivity contribution in [2.75, 3.05) is 19.6 Å². The van der Waals surface area contributed by atoms with E-state index >= 15 is 0 Å². The number of rotatable bonds is 5. The highest BCUT2D eigenvalue weighted by molar-refractivity contribution is 5.75. The molecule has 1 aliphatic rings. The third-order valence-corrected chi connectivity index (χ3v) is 2.99. The highest BCUT2D eigenvalue weighted by Gasteiger charge is 2.13. The van der Waals surface area contributed by atoms with Gasteiger partial charge in [-0.1, -0.05) is 11.6 Å². The first-order chi connectivity index (χ1) is 7.68. The summed E-state index contributed by atoms with van der Waals surface area (Å²) in [7, 11) is 0. The van der Waals surface area contributed by atoms with E-state index in [0.717, 1.165) is 19.5 Å². The van der Waals surface area contributed by atoms with Crippen molar-refractivity contribution in [3.63, 3.8) is 0 Å². The second-order valence-electron chi connectivity index (χ2n) is 4.84. The van der Waals surface area contributed by atoms with E-state index in [4.69, 9.17) is 0 Å². The monoisotopic (exact) mass is 224 g/mol. The number of amides is 1. The van der Waals surface area contributed by atoms with Crippen molar-refractivity contribution in [2.45, 2.75) is 39.5 Å². The Morgan fingerprint density at radius 2 is 2.31 bits per heavy atom. The second-order valence-corrected chi connectivity index (χ2v) is 4.84. The van der Waals surface area contributed by atoms with E-state index in [1.807, 2.05) is 19.9 Å². The smallest absolute Gasteiger partial charge is 0.220 e. The summed E-state index contributed by atoms with van der Waals surface area (Å²) in [5.74, 6) is 0.881. The molecule has 16 heavy (non-hydrogen) atoms. The zero-order valence-corrected chi connectivity index (χ0v) is 10.5. The van der Waals surface area contributed by atoms with Crippen molar-refractivity contribution in [1.82, 2.24) is 10.6 Å². The van der Waals surface area contributed by atoms with Gasteiger partial charge in [-0.05, 0) is 52.1 Å². The molecule has 0 spiro atoms. The predicted octanol–water partition coefficient (Wildman–Crippen LogP) is 1.85. The lowest BCUT2D eigenvalue weighted by molar-refractivity contribution is -0.121. The van der Waals surface area contributed by atoms with E-state index in [-0.39, 0.29) is 5.91 Å². The fraction of sp³-hybridized carbons (Fsp3) is 0.769. The molecule has 1 rings (SSSR count). The van der Waals surface area contributed by atoms with Gasteiger partial charge in [-0.2, -0.15) is 0 Å². The van der Waals surface area contributed by atoms with Gasteiger partial charge >= 0.3 is 0 Å². The second kappa shape index (κ2) is 7.44. The van der Waals surface area contributed by atoms with Crippen molar-refractivity contribution < 1.29 is 4.79 Å². The van der Waals surface area contributed by atoms with E-state index < -0.39 is 0 Å². The molecule has 0 aliphatic carbocycles. The van der Waals surface area contributed by atoms with Gasteiger partial charge in [0.1, 0.15) is 0 Å². The molecular formula is C13H24N2O. The Morgan fingerprint density at radius 1 is 1.50 bits per heavy atom. The van der Waals surface area contributed by atoms with E-state index in [2.05, 4.69) is 10.6 Å². The molecular weight excluding hydrogens is 200 g/mol. The fourth-order valence-corrected chi connectivity index (χ4v) is 1.96. The standard InChI is InChI=1S/C13H24N2O/c1-11(2)7-9-15-13(16)6-5-12-4-3-8-14-10-12/h7,12,14H,3-6,8-10H2,1-2H3,(H,15,16). The van der Waals surface area contributed by atoms with Gasteiger partial charge < -0.3 is 10.6 Å². The average Bonchev–Trinajstić information content (AvgIpc) is 2.27. The highest BCUT2D eigenvalue weighted by atomic mass is 16.1. The van der Waals surface area contributed by atoms with Crippen LogP contribution in [0.25, 0.3) is 0 Å². The van der Waals surface area contributed by atoms with Crippen LogP contribution in [0.3, 0.4) is 0 Å². The number of nitrogens with one attached hydrogen (secondary N) is 2. The van der Waals surface area contributed by atoms with Crippen molar-refractivity contribution in [1.29, 1.82) is 0 Å². The number of hydrogen-bond acceptors (Lipinski definition) is 2. The molecule has 1 atom stereocenters. The van der Waals surface area contributed by atoms with Crippen LogP contribution < -0.4 is 10.6 Å². The Morgan fingerprint density at radius 3 is 2.94 bits per heavy atom. The Bertz CT molecular complexity index is 238. The van der Waals surface area contributed by atoms with Crippen molar-refractivity contribution in [3.8, 4) is 0 Å². The molecule has 1 fully saturated rings. The van der Waals surface area contributed by atoms with Gasteiger partial charge in [-0.15, -0.1) is 0 Å². The lowest BCUT2D eigenvalue weighted by Crippen LogP contribution is -2.31. The first-order valence-corrected chi connectivity index (χ1v) is 6.29. The minimum Gasteiger partial charge on any atom is -0.353 e. The van der Waals surface area contributed by atoms with Crippen LogP contribution in [0.15, 0.2) is 11.6 Å². The number of carbonyl (C=O) groups excluding carboxylic acids is 1. The fourth-order valence-electron chi connectivity index (χ4n) is 1.96. The first-order valence-electron chi connectivity index (χ1n) is 6.29. The maximum absolute atomic E-state index is 11.5. The summed E-state index contributed by atoms with van der Waals surface area (Å²) in [6.07, 6.45) is 6.26. The number of allylic oxidation sites excluding steroid dienone is 1. The van der Waals surface area contributed by atoms with E-state index in [9.17, 15) is 4.79 Å². The van der Waals surface area contributed by atoms with Gasteiger partial charge in [0.15, 0.2) is 0 Å². The average molecular weight is 224 g/mol. The van der Waals surface area contributed by atoms with Gasteiger partial charge in [0.2, 0.25) is 5.91 Å². The molecule has 1 unspecified atom stereocenters. The van der Waals surface area contributed by atoms with E-state index in [0.29, 0.717) is 18.9 Å². The molecule has 2 N–H and O–H groups in total. The minimum absolute atomic E-state index is 0.183. The molecule has 1 aliphatic heterocycles. The largest absolute Gasteiger partial charge is 0.353 e. The summed E-state index contributed by atoms with van der Waals surface area (Å²) in [5, 5.41) is 6.29. The maximum atomic E-state index is 11.5. The SMILES string of the molecule is CC(C)=CCNC(=O)CCC1CCCNC1. The van der Waals surface area contributed by atoms with Crippen LogP contribution in [0.4, 0.5) is 0 Å². The zero-order chi connectivity index (χ0) is 11.8. The maximum Gasteiger partial charge on any atom is 0.220 e. The molecule has 0 aromatic rings. The quantitative estimate of drug-likeness (QED) is 0.700. The molecule has 0 aromatic heterocycles. The molecule has 92 valence electrons. The van der Waals surface area contributed by atoms with Gasteiger partial charge in [0.25, 0.3) is 0 Å². The van der Waals surface area contributed by atoms with Crippen LogP contribution in [-0.2, 0) is 4.79 Å². The topological polar surface area (TPSA) is 41.1 Å². The Balaban J connectivity index is 2.07. The van der Waals surface area contributed by atoms with Crippen LogP contribution in [0.1, 0.15) is 39.5 Å². The Hall–Kier alpha value is -0.830. The van der Waals surface area contributed by atoms with Crippen molar-refractivity contribution in [3.05, 3.63) is 11.6 Å². The first kappa shape index (κ1) is 13.2. The molecule has 1 saturated heterocycles. The number of hydrogen-bond donors (Lipinski definition) is 2. The van der Waals surface area contributed by atoms with E-state index in [1.165, 1.54) is 18.4 Å². The molecule has 0 aromatic carbocycles. The molecule has 3 nitrogen and oxygen atoms in total. The minimum atomic E-state index is 0.183. The molecule has 1 heterocycles. The third kappa shape index (κ3) is 5.91. The molecule has 1 amide bonds. The summed E-state index contributed by atoms with van der Waals surface area (Å²) in [6, 6.07) is 0. The summed E-state index contributed by atoms with van der Waals surface area (Å²) >= 11 is 0. The van der Waals surface area contributed by atoms with Crippen molar-refractivity contribution >= 4 is 5.91 Å². The zero-order valence-electron chi connectivity index (χ0n) is 10.5. The molecule has 3 heteroatoms. The highest BCUT2D eigenvalue weighted by Crippen LogP contribution is 2.15. The molecule has 0 radical (unpaired) electrons. The van der Waals surface area contributed by atoms with Crippen LogP contribution in [0.2, 0.25) is 0 Å². The van der Waals surface area contributed by atoms with Crippen LogP contribution in [0.5, 0.6) is 0 Å². The summed E-state index contributed by atoms with van der Waals surface area (Å²) in [5.41, 5.74) is 1.25. The van der Waals surface area contributed by atoms with Crippen LogP contribution in [0, 0.1) is 5.92 Å². The van der Waals surface area contributed by atoms with E-state index in [1.54, 1.807) is 0 Å². The van der Waals surface area contributed by atoms with Gasteiger partial charge in [-0.3, -0.25) is 4.79 Å². The Kier molecular flexibility index (Phi) is 6.16. The summed E-state index contributed by atoms with van der Waals surface area (Å²) in [4.78, 5) is 11.5.